The molecule has 4 amide bonds. The number of aliphatic hydroxyl groups is 16. The van der Waals surface area contributed by atoms with E-state index in [9.17, 15) is 111 Å². The van der Waals surface area contributed by atoms with Crippen LogP contribution in [-0.2, 0) is 71.3 Å². The zero-order valence-corrected chi connectivity index (χ0v) is 61.5. The second-order valence-corrected chi connectivity index (χ2v) is 27.8. The van der Waals surface area contributed by atoms with Gasteiger partial charge in [0.1, 0.15) is 122 Å². The molecular formula is C70H114N6O33. The number of rotatable bonds is 43. The van der Waals surface area contributed by atoms with E-state index in [-0.39, 0.29) is 12.6 Å². The number of unbranched alkanes of at least 4 members (excludes halogenated alkanes) is 14. The minimum absolute atomic E-state index is 0. The highest BCUT2D eigenvalue weighted by Gasteiger charge is 2.61. The normalized spacial score (nSPS) is 34.0. The number of carboxylic acid groups (broad SMARTS) is 1. The summed E-state index contributed by atoms with van der Waals surface area (Å²) in [5.74, 6) is -8.57. The first kappa shape index (κ1) is 92.3. The highest BCUT2D eigenvalue weighted by Crippen LogP contribution is 2.41. The van der Waals surface area contributed by atoms with Crippen molar-refractivity contribution in [2.45, 2.75) is 301 Å². The number of carboxylic acids is 1. The predicted octanol–water partition coefficient (Wildman–Crippen LogP) is -5.41. The Hall–Kier alpha value is -5.56. The number of anilines is 1. The molecule has 28 atom stereocenters. The molecule has 109 heavy (non-hydrogen) atoms. The zero-order valence-electron chi connectivity index (χ0n) is 61.5. The van der Waals surface area contributed by atoms with E-state index in [1.165, 1.54) is 64.0 Å². The molecule has 6 heterocycles. The van der Waals surface area contributed by atoms with Crippen molar-refractivity contribution < 1.29 is 163 Å². The van der Waals surface area contributed by atoms with Crippen LogP contribution in [0.3, 0.4) is 0 Å². The number of oxazole rings is 1. The number of hydrogen-bond donors (Lipinski definition) is 21. The van der Waals surface area contributed by atoms with Crippen molar-refractivity contribution in [1.29, 1.82) is 0 Å². The Morgan fingerprint density at radius 3 is 1.68 bits per heavy atom. The molecule has 7 rings (SSSR count). The summed E-state index contributed by atoms with van der Waals surface area (Å²) in [6.07, 6.45) is -31.2. The van der Waals surface area contributed by atoms with Gasteiger partial charge < -0.3 is 171 Å². The van der Waals surface area contributed by atoms with Gasteiger partial charge in [0.15, 0.2) is 37.3 Å². The monoisotopic (exact) mass is 1570 g/mol. The third kappa shape index (κ3) is 25.5. The molecule has 5 aliphatic rings. The van der Waals surface area contributed by atoms with Gasteiger partial charge in [-0.2, -0.15) is 0 Å². The smallest absolute Gasteiger partial charge is 0.248 e. The third-order valence-corrected chi connectivity index (χ3v) is 19.6. The number of aromatic nitrogens is 1. The van der Waals surface area contributed by atoms with Crippen LogP contribution in [0.25, 0.3) is 11.3 Å². The quantitative estimate of drug-likeness (QED) is 0.0218. The fraction of sp³-hybridized carbons (Fsp3) is 0.771. The highest BCUT2D eigenvalue weighted by atomic mass is 16.8. The van der Waals surface area contributed by atoms with Crippen molar-refractivity contribution in [1.82, 2.24) is 27.1 Å². The van der Waals surface area contributed by atoms with Crippen LogP contribution in [0.5, 0.6) is 0 Å². The molecule has 1 aromatic carbocycles. The van der Waals surface area contributed by atoms with Gasteiger partial charge in [-0.1, -0.05) is 96.8 Å². The van der Waals surface area contributed by atoms with E-state index in [0.717, 1.165) is 64.5 Å². The number of nitrogens with one attached hydrogen (secondary N) is 4. The van der Waals surface area contributed by atoms with Crippen LogP contribution < -0.4 is 32.5 Å². The lowest BCUT2D eigenvalue weighted by molar-refractivity contribution is -0.421. The average molecular weight is 1570 g/mol. The molecule has 0 spiro atoms. The lowest BCUT2D eigenvalue weighted by Gasteiger charge is -2.54. The topological polar surface area (TPSA) is 635 Å². The standard InChI is InChI=1S/C70H111N5O33.H3N/c1-4-5-6-7-8-9-10-11-12-13-14-15-16-17-18-19-48(86)75-39(40(83)24-25-49(87)74-38-22-20-37(21-23-38)43-27-71-34-99-43)33-98-66-58(94)56(92)60(46(31-79)102-66)104-68-59(95)64(108-70(69(96)97)26-41(84)50(72-35(2)81)63(107-70)52(88)42(85)28-76)61(47(32-80)103-68)105-65-51(73-36(3)82)62(54(90)45(30-78)100-65)106-67-57(93)55(91)53(89)44(29-77)101-67;/h20-25,27,34,39-42,44-47,50-68,76-80,83-85,88-95H,4-19,26,28-33H2,1-3H3,(H,72,81)(H,73,82)(H,74,87)(H,75,86)(H,96,97);1H3/b25-24+;/t39-,40+,41-,42+,44+,45+,46+,47+,50?,51+,52+,53-,54-,55-,56+,57+,58+,59+,60+,61-,62+,63?,64+,65-,66+,67-,68-,70-;/m0./s1. The van der Waals surface area contributed by atoms with Crippen molar-refractivity contribution in [2.24, 2.45) is 0 Å². The molecule has 1 aromatic heterocycles. The molecule has 622 valence electrons. The number of benzene rings is 1. The van der Waals surface area contributed by atoms with Crippen LogP contribution in [-0.4, -0.2) is 327 Å². The zero-order chi connectivity index (χ0) is 78.9. The van der Waals surface area contributed by atoms with Gasteiger partial charge in [-0.3, -0.25) is 19.2 Å². The van der Waals surface area contributed by atoms with Gasteiger partial charge in [-0.15, -0.1) is 0 Å². The summed E-state index contributed by atoms with van der Waals surface area (Å²) in [6, 6.07) is 1.37. The second-order valence-electron chi connectivity index (χ2n) is 27.8. The molecule has 0 radical (unpaired) electrons. The maximum atomic E-state index is 13.7. The molecule has 0 saturated carbocycles. The molecule has 5 aliphatic heterocycles. The molecule has 0 bridgehead atoms. The number of aliphatic hydroxyl groups excluding tert-OH is 16. The van der Waals surface area contributed by atoms with E-state index in [0.29, 0.717) is 23.4 Å². The fourth-order valence-corrected chi connectivity index (χ4v) is 13.6. The second kappa shape index (κ2) is 45.4. The maximum absolute atomic E-state index is 13.7. The Labute approximate surface area is 629 Å². The van der Waals surface area contributed by atoms with Crippen LogP contribution in [0.1, 0.15) is 130 Å². The van der Waals surface area contributed by atoms with Crippen molar-refractivity contribution >= 4 is 35.3 Å². The average Bonchev–Trinajstić information content (AvgIpc) is 1.08. The van der Waals surface area contributed by atoms with Crippen LogP contribution >= 0.6 is 0 Å². The Bertz CT molecular complexity index is 3040. The number of quaternary nitrogens is 1. The van der Waals surface area contributed by atoms with E-state index in [4.69, 9.17) is 51.8 Å². The van der Waals surface area contributed by atoms with E-state index >= 15 is 0 Å². The van der Waals surface area contributed by atoms with Gasteiger partial charge >= 0.3 is 0 Å². The number of hydrogen-bond acceptors (Lipinski definition) is 34. The van der Waals surface area contributed by atoms with Gasteiger partial charge in [-0.25, -0.2) is 4.98 Å². The maximum Gasteiger partial charge on any atom is 0.248 e. The summed E-state index contributed by atoms with van der Waals surface area (Å²) < 4.78 is 64.9. The summed E-state index contributed by atoms with van der Waals surface area (Å²) in [7, 11) is 0. The van der Waals surface area contributed by atoms with E-state index in [1.54, 1.807) is 24.3 Å². The van der Waals surface area contributed by atoms with Crippen molar-refractivity contribution in [3.05, 3.63) is 49.0 Å². The lowest BCUT2D eigenvalue weighted by Crippen LogP contribution is -2.73. The van der Waals surface area contributed by atoms with Crippen LogP contribution in [0.2, 0.25) is 0 Å². The molecule has 5 saturated heterocycles. The summed E-state index contributed by atoms with van der Waals surface area (Å²) in [5.41, 5.74) is 1.03. The van der Waals surface area contributed by atoms with E-state index in [2.05, 4.69) is 33.2 Å². The van der Waals surface area contributed by atoms with Crippen LogP contribution in [0.4, 0.5) is 5.69 Å². The van der Waals surface area contributed by atoms with Gasteiger partial charge in [-0.05, 0) is 36.8 Å². The van der Waals surface area contributed by atoms with Crippen molar-refractivity contribution in [3.63, 3.8) is 0 Å². The summed E-state index contributed by atoms with van der Waals surface area (Å²) in [4.78, 5) is 70.0. The fourth-order valence-electron chi connectivity index (χ4n) is 13.6. The van der Waals surface area contributed by atoms with Crippen molar-refractivity contribution in [2.75, 3.05) is 45.0 Å². The number of ether oxygens (including phenoxy) is 10. The Kier molecular flexibility index (Phi) is 38.4. The predicted molar refractivity (Wildman–Crippen MR) is 371 cm³/mol. The van der Waals surface area contributed by atoms with E-state index in [1.807, 2.05) is 0 Å². The largest absolute Gasteiger partial charge is 0.544 e. The number of nitrogens with zero attached hydrogens (tertiary/aromatic N) is 1. The summed E-state index contributed by atoms with van der Waals surface area (Å²) in [6.45, 7) is -2.37. The van der Waals surface area contributed by atoms with Crippen LogP contribution in [0, 0.1) is 0 Å². The lowest BCUT2D eigenvalue weighted by atomic mass is 9.88. The number of aliphatic carboxylic acids is 1. The SMILES string of the molecule is CCCCCCCCCCCCCCCCCC(=O)N[C@@H](CO[C@@H]1O[C@H](CO)[C@@H](O[C@@H]2O[C@H](CO)[C@H](O[C@@H]3O[C@H](CO)[C@H](O)[C@H](O[C@@H]4O[C@H](CO)[C@H](O)[C@H](O)[C@H]4O)[C@H]3NC(C)=O)[C@H](O[C@]3(C(=O)[O-])C[C@H](O)C(NC(C)=O)C([C@H](O)[C@H](O)CO)O3)[C@H]2O)[C@H](O)[C@H]1O)[C@H](O)/C=C/C(=O)Nc1ccc(-c2cnco2)cc1.[NH4+]. The highest BCUT2D eigenvalue weighted by molar-refractivity contribution is 5.99. The first-order valence-corrected chi connectivity index (χ1v) is 36.8. The molecule has 5 fully saturated rings. The molecule has 39 nitrogen and oxygen atoms in total. The number of carbonyl (C=O) groups excluding carboxylic acids is 5. The molecule has 0 aliphatic carbocycles. The minimum atomic E-state index is -3.53. The number of amides is 4. The van der Waals surface area contributed by atoms with Gasteiger partial charge in [0.05, 0.1) is 70.1 Å². The summed E-state index contributed by atoms with van der Waals surface area (Å²) >= 11 is 0. The van der Waals surface area contributed by atoms with Crippen LogP contribution in [0.15, 0.2) is 53.4 Å². The molecule has 2 unspecified atom stereocenters. The molecule has 2 aromatic rings. The first-order chi connectivity index (χ1) is 51.6. The molecule has 39 heteroatoms. The number of carbonyl (C=O) groups is 5. The first-order valence-electron chi connectivity index (χ1n) is 36.8. The molecule has 24 N–H and O–H groups in total. The Morgan fingerprint density at radius 1 is 0.606 bits per heavy atom. The molecular weight excluding hydrogens is 1450 g/mol. The van der Waals surface area contributed by atoms with E-state index < -0.39 is 247 Å². The Balaban J connectivity index is 0.0000186. The van der Waals surface area contributed by atoms with Gasteiger partial charge in [0.25, 0.3) is 0 Å². The third-order valence-electron chi connectivity index (χ3n) is 19.6. The van der Waals surface area contributed by atoms with Crippen molar-refractivity contribution in [3.8, 4) is 11.3 Å². The van der Waals surface area contributed by atoms with Gasteiger partial charge in [0.2, 0.25) is 29.4 Å². The Morgan fingerprint density at radius 2 is 1.12 bits per heavy atom. The summed E-state index contributed by atoms with van der Waals surface area (Å²) in [5, 5.41) is 202. The van der Waals surface area contributed by atoms with Gasteiger partial charge in [0, 0.05) is 44.0 Å². The minimum Gasteiger partial charge on any atom is -0.544 e.